The van der Waals surface area contributed by atoms with Crippen LogP contribution in [0.4, 0.5) is 10.5 Å². The number of nitrogens with zero attached hydrogens (tertiary/aromatic N) is 3. The van der Waals surface area contributed by atoms with E-state index in [0.717, 1.165) is 11.1 Å². The molecule has 1 atom stereocenters. The highest BCUT2D eigenvalue weighted by molar-refractivity contribution is 7.86. The molecule has 2 amide bonds. The number of hydrogen-bond acceptors (Lipinski definition) is 5. The second kappa shape index (κ2) is 10.8. The zero-order valence-corrected chi connectivity index (χ0v) is 22.3. The summed E-state index contributed by atoms with van der Waals surface area (Å²) in [5.41, 5.74) is 1.07. The Morgan fingerprint density at radius 3 is 1.74 bits per heavy atom. The van der Waals surface area contributed by atoms with Gasteiger partial charge in [0.2, 0.25) is 0 Å². The number of anilines is 1. The van der Waals surface area contributed by atoms with E-state index in [-0.39, 0.29) is 11.8 Å². The van der Waals surface area contributed by atoms with Crippen molar-refractivity contribution in [1.82, 2.24) is 0 Å². The minimum absolute atomic E-state index is 0.0244. The first-order chi connectivity index (χ1) is 16.1. The molecule has 8 nitrogen and oxygen atoms in total. The van der Waals surface area contributed by atoms with Gasteiger partial charge in [0.05, 0.1) is 22.8 Å². The maximum Gasteiger partial charge on any atom is 0.353 e. The molecule has 0 aliphatic rings. The Labute approximate surface area is 209 Å². The van der Waals surface area contributed by atoms with Gasteiger partial charge in [-0.05, 0) is 86.1 Å². The van der Waals surface area contributed by atoms with Crippen molar-refractivity contribution in [2.45, 2.75) is 83.3 Å². The van der Waals surface area contributed by atoms with E-state index >= 15 is 0 Å². The van der Waals surface area contributed by atoms with E-state index in [9.17, 15) is 25.2 Å². The molecule has 0 aliphatic heterocycles. The second-order valence-corrected chi connectivity index (χ2v) is 11.5. The van der Waals surface area contributed by atoms with Gasteiger partial charge >= 0.3 is 6.03 Å². The third-order valence-corrected chi connectivity index (χ3v) is 6.71. The molecule has 0 bridgehead atoms. The van der Waals surface area contributed by atoms with Gasteiger partial charge in [0.1, 0.15) is 10.9 Å². The molecule has 0 aliphatic carbocycles. The highest BCUT2D eigenvalue weighted by atomic mass is 32.2. The van der Waals surface area contributed by atoms with Crippen LogP contribution in [-0.2, 0) is 22.1 Å². The minimum Gasteiger partial charge on any atom is -0.386 e. The van der Waals surface area contributed by atoms with Crippen LogP contribution < -0.4 is 5.32 Å². The van der Waals surface area contributed by atoms with Gasteiger partial charge < -0.3 is 15.5 Å². The molecule has 0 saturated carbocycles. The molecule has 0 fully saturated rings. The fourth-order valence-corrected chi connectivity index (χ4v) is 4.43. The van der Waals surface area contributed by atoms with Crippen LogP contribution in [0.15, 0.2) is 44.2 Å². The number of carbonyl (C=O) groups excluding carboxylic acids is 1. The average Bonchev–Trinajstić information content (AvgIpc) is 2.75. The van der Waals surface area contributed by atoms with Crippen molar-refractivity contribution in [2.24, 2.45) is 8.94 Å². The first-order valence-corrected chi connectivity index (χ1v) is 12.5. The van der Waals surface area contributed by atoms with Crippen LogP contribution in [0.1, 0.15) is 95.0 Å². The van der Waals surface area contributed by atoms with Crippen molar-refractivity contribution in [3.05, 3.63) is 63.1 Å². The van der Waals surface area contributed by atoms with Crippen LogP contribution in [0.3, 0.4) is 0 Å². The molecule has 0 radical (unpaired) electrons. The van der Waals surface area contributed by atoms with Gasteiger partial charge in [-0.25, -0.2) is 4.79 Å². The number of carbonyl (C=O) groups is 1. The van der Waals surface area contributed by atoms with E-state index < -0.39 is 28.1 Å². The van der Waals surface area contributed by atoms with Gasteiger partial charge in [-0.1, -0.05) is 33.8 Å². The third kappa shape index (κ3) is 7.04. The molecule has 9 heteroatoms. The number of aliphatic hydroxyl groups is 2. The van der Waals surface area contributed by atoms with Crippen LogP contribution in [0.5, 0.6) is 0 Å². The summed E-state index contributed by atoms with van der Waals surface area (Å²) >= 11 is 0. The van der Waals surface area contributed by atoms with Crippen molar-refractivity contribution in [3.8, 4) is 6.07 Å². The van der Waals surface area contributed by atoms with Crippen molar-refractivity contribution >= 4 is 22.6 Å². The summed E-state index contributed by atoms with van der Waals surface area (Å²) in [5, 5.41) is 33.3. The maximum absolute atomic E-state index is 13.0. The number of hydrogen-bond donors (Lipinski definition) is 3. The standard InChI is InChI=1S/C26H34N4O4S/c1-15(2)21-9-17(14-27)10-22(16(3)4)23(21)28-24(31)29-35(30-34)20-12-18(25(5,6)32)11-19(13-20)26(7,8)33/h9-13,15-16,32-33H,1-8H3,(H,28,31). The number of nitrogens with one attached hydrogen (secondary N) is 1. The van der Waals surface area contributed by atoms with Crippen molar-refractivity contribution < 1.29 is 15.0 Å². The number of nitroso groups, excluding NO2 is 1. The number of benzene rings is 2. The quantitative estimate of drug-likeness (QED) is 0.383. The van der Waals surface area contributed by atoms with E-state index in [1.807, 2.05) is 27.7 Å². The molecule has 3 N–H and O–H groups in total. The summed E-state index contributed by atoms with van der Waals surface area (Å²) < 4.78 is 7.09. The Balaban J connectivity index is 2.61. The highest BCUT2D eigenvalue weighted by Gasteiger charge is 2.25. The molecule has 0 saturated heterocycles. The lowest BCUT2D eigenvalue weighted by Crippen LogP contribution is -2.21. The zero-order valence-electron chi connectivity index (χ0n) is 21.5. The molecule has 2 aromatic carbocycles. The number of amides is 2. The SMILES string of the molecule is CC(C)c1cc(C#N)cc(C(C)C)c1NC(=O)N=S(N=O)c1cc(C(C)(C)O)cc(C(C)(C)O)c1. The third-order valence-electron chi connectivity index (χ3n) is 5.57. The summed E-state index contributed by atoms with van der Waals surface area (Å²) in [6, 6.07) is 9.68. The number of nitriles is 1. The van der Waals surface area contributed by atoms with Crippen LogP contribution in [0, 0.1) is 16.2 Å². The molecule has 188 valence electrons. The highest BCUT2D eigenvalue weighted by Crippen LogP contribution is 2.34. The molecular formula is C26H34N4O4S. The van der Waals surface area contributed by atoms with Gasteiger partial charge in [-0.2, -0.15) is 5.26 Å². The van der Waals surface area contributed by atoms with Crippen LogP contribution in [-0.4, -0.2) is 16.2 Å². The van der Waals surface area contributed by atoms with Crippen LogP contribution in [0.25, 0.3) is 0 Å². The molecule has 35 heavy (non-hydrogen) atoms. The second-order valence-electron chi connectivity index (χ2n) is 10.2. The Morgan fingerprint density at radius 1 is 0.943 bits per heavy atom. The molecule has 2 aromatic rings. The van der Waals surface area contributed by atoms with E-state index in [0.29, 0.717) is 27.3 Å². The van der Waals surface area contributed by atoms with E-state index in [4.69, 9.17) is 0 Å². The summed E-state index contributed by atoms with van der Waals surface area (Å²) in [5.74, 6) is 0.0488. The van der Waals surface area contributed by atoms with E-state index in [2.05, 4.69) is 20.3 Å². The van der Waals surface area contributed by atoms with Gasteiger partial charge in [-0.15, -0.1) is 9.27 Å². The monoisotopic (exact) mass is 498 g/mol. The van der Waals surface area contributed by atoms with Gasteiger partial charge in [0, 0.05) is 15.2 Å². The first-order valence-electron chi connectivity index (χ1n) is 11.4. The summed E-state index contributed by atoms with van der Waals surface area (Å²) in [6.45, 7) is 14.2. The summed E-state index contributed by atoms with van der Waals surface area (Å²) in [4.78, 5) is 25.1. The largest absolute Gasteiger partial charge is 0.386 e. The first kappa shape index (κ1) is 28.3. The lowest BCUT2D eigenvalue weighted by atomic mass is 9.90. The Kier molecular flexibility index (Phi) is 8.71. The number of urea groups is 1. The minimum atomic E-state index is -1.72. The van der Waals surface area contributed by atoms with Crippen LogP contribution >= 0.6 is 0 Å². The van der Waals surface area contributed by atoms with E-state index in [1.54, 1.807) is 58.0 Å². The molecular weight excluding hydrogens is 464 g/mol. The number of rotatable bonds is 7. The van der Waals surface area contributed by atoms with Crippen LogP contribution in [0.2, 0.25) is 0 Å². The fourth-order valence-electron chi connectivity index (χ4n) is 3.54. The Morgan fingerprint density at radius 2 is 1.40 bits per heavy atom. The smallest absolute Gasteiger partial charge is 0.353 e. The molecule has 0 heterocycles. The van der Waals surface area contributed by atoms with Crippen molar-refractivity contribution in [3.63, 3.8) is 0 Å². The lowest BCUT2D eigenvalue weighted by Gasteiger charge is -2.24. The van der Waals surface area contributed by atoms with Gasteiger partial charge in [0.25, 0.3) is 0 Å². The molecule has 0 spiro atoms. The topological polar surface area (TPSA) is 135 Å². The predicted octanol–water partition coefficient (Wildman–Crippen LogP) is 6.33. The summed E-state index contributed by atoms with van der Waals surface area (Å²) in [7, 11) is -1.72. The molecule has 2 rings (SSSR count). The summed E-state index contributed by atoms with van der Waals surface area (Å²) in [6.07, 6.45) is 0. The molecule has 0 aromatic heterocycles. The predicted molar refractivity (Wildman–Crippen MR) is 139 cm³/mol. The Bertz CT molecular complexity index is 1140. The fraction of sp³-hybridized carbons (Fsp3) is 0.462. The van der Waals surface area contributed by atoms with Gasteiger partial charge in [0.15, 0.2) is 0 Å². The van der Waals surface area contributed by atoms with Crippen molar-refractivity contribution in [1.29, 1.82) is 5.26 Å². The maximum atomic E-state index is 13.0. The normalized spacial score (nSPS) is 13.1. The van der Waals surface area contributed by atoms with Crippen molar-refractivity contribution in [2.75, 3.05) is 5.32 Å². The lowest BCUT2D eigenvalue weighted by molar-refractivity contribution is 0.0713. The Hall–Kier alpha value is -2.93. The van der Waals surface area contributed by atoms with Gasteiger partial charge in [-0.3, -0.25) is 0 Å². The van der Waals surface area contributed by atoms with E-state index in [1.165, 1.54) is 0 Å². The zero-order chi connectivity index (χ0) is 26.7. The average molecular weight is 499 g/mol. The molecule has 1 unspecified atom stereocenters.